The standard InChI is InChI=1S/C11H20O5SSi/c1-10(9-17)11(12)16-7-5-6-8-18(13-2,14-3)15-4/h5-8H2,1-4H3. The van der Waals surface area contributed by atoms with Gasteiger partial charge in [-0.2, -0.15) is 0 Å². The monoisotopic (exact) mass is 292 g/mol. The van der Waals surface area contributed by atoms with Gasteiger partial charge in [-0.05, 0) is 37.0 Å². The molecule has 0 aliphatic rings. The number of hydrogen-bond donors (Lipinski definition) is 0. The lowest BCUT2D eigenvalue weighted by molar-refractivity contribution is -0.138. The van der Waals surface area contributed by atoms with Crippen LogP contribution in [-0.2, 0) is 22.8 Å². The first-order valence-corrected chi connectivity index (χ1v) is 7.93. The molecular weight excluding hydrogens is 272 g/mol. The van der Waals surface area contributed by atoms with Gasteiger partial charge < -0.3 is 18.0 Å². The highest BCUT2D eigenvalue weighted by molar-refractivity contribution is 7.78. The van der Waals surface area contributed by atoms with Crippen LogP contribution in [0.1, 0.15) is 19.8 Å². The van der Waals surface area contributed by atoms with E-state index in [9.17, 15) is 4.79 Å². The van der Waals surface area contributed by atoms with E-state index in [1.807, 2.05) is 0 Å². The van der Waals surface area contributed by atoms with Crippen molar-refractivity contribution in [3.05, 3.63) is 5.57 Å². The Labute approximate surface area is 114 Å². The van der Waals surface area contributed by atoms with Crippen molar-refractivity contribution in [3.63, 3.8) is 0 Å². The number of ether oxygens (including phenoxy) is 1. The molecule has 0 atom stereocenters. The zero-order chi connectivity index (χ0) is 14.0. The van der Waals surface area contributed by atoms with E-state index in [0.717, 1.165) is 12.8 Å². The predicted molar refractivity (Wildman–Crippen MR) is 73.6 cm³/mol. The van der Waals surface area contributed by atoms with Crippen molar-refractivity contribution in [2.45, 2.75) is 25.8 Å². The Balaban J connectivity index is 3.87. The van der Waals surface area contributed by atoms with Gasteiger partial charge in [0.05, 0.1) is 12.2 Å². The molecule has 0 rings (SSSR count). The van der Waals surface area contributed by atoms with Gasteiger partial charge in [-0.15, -0.1) is 0 Å². The molecule has 0 bridgehead atoms. The molecule has 0 heterocycles. The number of hydrogen-bond acceptors (Lipinski definition) is 6. The smallest absolute Gasteiger partial charge is 0.462 e. The van der Waals surface area contributed by atoms with Crippen LogP contribution >= 0.6 is 12.2 Å². The maximum atomic E-state index is 11.2. The van der Waals surface area contributed by atoms with E-state index < -0.39 is 14.8 Å². The molecule has 0 aliphatic heterocycles. The van der Waals surface area contributed by atoms with E-state index in [1.165, 1.54) is 0 Å². The third-order valence-electron chi connectivity index (χ3n) is 2.50. The molecule has 0 N–H and O–H groups in total. The van der Waals surface area contributed by atoms with Crippen molar-refractivity contribution < 1.29 is 22.8 Å². The molecule has 5 nitrogen and oxygen atoms in total. The summed E-state index contributed by atoms with van der Waals surface area (Å²) in [6, 6.07) is 0.691. The highest BCUT2D eigenvalue weighted by Gasteiger charge is 2.36. The van der Waals surface area contributed by atoms with E-state index >= 15 is 0 Å². The van der Waals surface area contributed by atoms with Crippen molar-refractivity contribution in [1.82, 2.24) is 0 Å². The Morgan fingerprint density at radius 2 is 1.72 bits per heavy atom. The van der Waals surface area contributed by atoms with Gasteiger partial charge in [0.15, 0.2) is 0 Å². The van der Waals surface area contributed by atoms with Gasteiger partial charge in [-0.3, -0.25) is 0 Å². The average molecular weight is 292 g/mol. The molecule has 0 unspecified atom stereocenters. The summed E-state index contributed by atoms with van der Waals surface area (Å²) < 4.78 is 20.8. The second-order valence-electron chi connectivity index (χ2n) is 3.62. The summed E-state index contributed by atoms with van der Waals surface area (Å²) in [6.45, 7) is 1.92. The Kier molecular flexibility index (Phi) is 9.08. The van der Waals surface area contributed by atoms with Gasteiger partial charge in [0, 0.05) is 27.4 Å². The summed E-state index contributed by atoms with van der Waals surface area (Å²) in [6.07, 6.45) is 1.52. The molecule has 0 aliphatic carbocycles. The minimum Gasteiger partial charge on any atom is -0.462 e. The normalized spacial score (nSPS) is 10.9. The number of carbonyl (C=O) groups is 1. The predicted octanol–water partition coefficient (Wildman–Crippen LogP) is 1.73. The van der Waals surface area contributed by atoms with E-state index in [2.05, 4.69) is 17.2 Å². The number of esters is 1. The summed E-state index contributed by atoms with van der Waals surface area (Å²) >= 11 is 4.52. The molecule has 7 heteroatoms. The first kappa shape index (κ1) is 17.4. The van der Waals surface area contributed by atoms with Crippen LogP contribution in [0.4, 0.5) is 0 Å². The lowest BCUT2D eigenvalue weighted by Crippen LogP contribution is -2.42. The molecule has 0 aromatic rings. The largest absolute Gasteiger partial charge is 0.500 e. The van der Waals surface area contributed by atoms with Gasteiger partial charge in [-0.1, -0.05) is 0 Å². The van der Waals surface area contributed by atoms with Crippen LogP contribution in [0.5, 0.6) is 0 Å². The summed E-state index contributed by atoms with van der Waals surface area (Å²) in [5.74, 6) is -0.418. The van der Waals surface area contributed by atoms with Gasteiger partial charge >= 0.3 is 14.8 Å². The van der Waals surface area contributed by atoms with Crippen molar-refractivity contribution >= 4 is 32.0 Å². The topological polar surface area (TPSA) is 54.0 Å². The highest BCUT2D eigenvalue weighted by Crippen LogP contribution is 2.16. The first-order valence-electron chi connectivity index (χ1n) is 5.59. The van der Waals surface area contributed by atoms with Crippen molar-refractivity contribution in [2.24, 2.45) is 0 Å². The van der Waals surface area contributed by atoms with Crippen LogP contribution in [0.3, 0.4) is 0 Å². The fourth-order valence-electron chi connectivity index (χ4n) is 1.31. The molecule has 0 saturated carbocycles. The van der Waals surface area contributed by atoms with Crippen LogP contribution in [0, 0.1) is 0 Å². The number of carbonyl (C=O) groups excluding carboxylic acids is 1. The Morgan fingerprint density at radius 1 is 1.17 bits per heavy atom. The number of thiocarbonyl (C=S) groups is 1. The van der Waals surface area contributed by atoms with Crippen LogP contribution < -0.4 is 0 Å². The maximum absolute atomic E-state index is 11.2. The summed E-state index contributed by atoms with van der Waals surface area (Å²) in [7, 11) is 2.23. The van der Waals surface area contributed by atoms with Gasteiger partial charge in [-0.25, -0.2) is 4.79 Å². The minimum absolute atomic E-state index is 0.319. The number of rotatable bonds is 9. The minimum atomic E-state index is -2.50. The molecule has 0 spiro atoms. The molecule has 0 saturated heterocycles. The SMILES string of the molecule is CO[Si](CCCCOC(=O)C(C)=C=S)(OC)OC. The number of unbranched alkanes of at least 4 members (excludes halogenated alkanes) is 1. The van der Waals surface area contributed by atoms with Gasteiger partial charge in [0.2, 0.25) is 0 Å². The molecule has 0 radical (unpaired) electrons. The zero-order valence-corrected chi connectivity index (χ0v) is 13.1. The summed E-state index contributed by atoms with van der Waals surface area (Å²) in [5, 5.41) is 2.33. The first-order chi connectivity index (χ1) is 8.55. The third-order valence-corrected chi connectivity index (χ3v) is 5.64. The van der Waals surface area contributed by atoms with E-state index in [-0.39, 0.29) is 0 Å². The summed E-state index contributed by atoms with van der Waals surface area (Å²) in [4.78, 5) is 11.2. The summed E-state index contributed by atoms with van der Waals surface area (Å²) in [5.41, 5.74) is 0.319. The van der Waals surface area contributed by atoms with Gasteiger partial charge in [0.25, 0.3) is 0 Å². The third kappa shape index (κ3) is 5.86. The van der Waals surface area contributed by atoms with Crippen molar-refractivity contribution in [2.75, 3.05) is 27.9 Å². The molecule has 0 amide bonds. The Bertz CT molecular complexity index is 302. The molecule has 0 aromatic heterocycles. The Hall–Kier alpha value is -0.563. The van der Waals surface area contributed by atoms with Crippen LogP contribution in [0.25, 0.3) is 0 Å². The average Bonchev–Trinajstić information content (AvgIpc) is 2.42. The van der Waals surface area contributed by atoms with Crippen molar-refractivity contribution in [3.8, 4) is 0 Å². The zero-order valence-electron chi connectivity index (χ0n) is 11.3. The second-order valence-corrected chi connectivity index (χ2v) is 6.91. The fraction of sp³-hybridized carbons (Fsp3) is 0.727. The molecule has 0 fully saturated rings. The molecule has 18 heavy (non-hydrogen) atoms. The molecule has 0 aromatic carbocycles. The highest BCUT2D eigenvalue weighted by atomic mass is 32.1. The Morgan fingerprint density at radius 3 is 2.17 bits per heavy atom. The molecule has 104 valence electrons. The van der Waals surface area contributed by atoms with Crippen LogP contribution in [0.15, 0.2) is 5.57 Å². The lowest BCUT2D eigenvalue weighted by atomic mass is 10.3. The lowest BCUT2D eigenvalue weighted by Gasteiger charge is -2.24. The van der Waals surface area contributed by atoms with Crippen molar-refractivity contribution in [1.29, 1.82) is 0 Å². The molecular formula is C11H20O5SSi. The van der Waals surface area contributed by atoms with Crippen LogP contribution in [0.2, 0.25) is 6.04 Å². The van der Waals surface area contributed by atoms with Gasteiger partial charge in [0.1, 0.15) is 0 Å². The second kappa shape index (κ2) is 9.38. The van der Waals surface area contributed by atoms with E-state index in [0.29, 0.717) is 18.2 Å². The quantitative estimate of drug-likeness (QED) is 0.212. The van der Waals surface area contributed by atoms with E-state index in [4.69, 9.17) is 18.0 Å². The maximum Gasteiger partial charge on any atom is 0.500 e. The fourth-order valence-corrected chi connectivity index (χ4v) is 3.19. The van der Waals surface area contributed by atoms with Crippen LogP contribution in [-0.4, -0.2) is 47.7 Å². The van der Waals surface area contributed by atoms with E-state index in [1.54, 1.807) is 28.3 Å².